The lowest BCUT2D eigenvalue weighted by Gasteiger charge is -2.35. The zero-order chi connectivity index (χ0) is 20.8. The number of aliphatic carboxylic acids is 1. The molecule has 1 aliphatic rings. The van der Waals surface area contributed by atoms with Crippen LogP contribution in [0.3, 0.4) is 0 Å². The second kappa shape index (κ2) is 9.52. The van der Waals surface area contributed by atoms with Gasteiger partial charge in [-0.05, 0) is 35.7 Å². The maximum Gasteiger partial charge on any atom is 0.326 e. The van der Waals surface area contributed by atoms with Crippen LogP contribution < -0.4 is 10.2 Å². The zero-order valence-electron chi connectivity index (χ0n) is 16.9. The van der Waals surface area contributed by atoms with E-state index in [0.717, 1.165) is 44.1 Å². The molecule has 0 bridgehead atoms. The number of amides is 1. The van der Waals surface area contributed by atoms with E-state index in [1.165, 1.54) is 0 Å². The third kappa shape index (κ3) is 5.54. The SMILES string of the molecule is CC(C)[C@H](NC(=O)c1cccc(CN2CCN(c3ccccn3)CC2)c1)C(=O)O. The summed E-state index contributed by atoms with van der Waals surface area (Å²) in [7, 11) is 0. The highest BCUT2D eigenvalue weighted by molar-refractivity contribution is 5.96. The summed E-state index contributed by atoms with van der Waals surface area (Å²) in [6.07, 6.45) is 1.81. The second-order valence-electron chi connectivity index (χ2n) is 7.68. The molecule has 0 radical (unpaired) electrons. The van der Waals surface area contributed by atoms with Gasteiger partial charge in [-0.25, -0.2) is 9.78 Å². The molecule has 0 spiro atoms. The Kier molecular flexibility index (Phi) is 6.82. The van der Waals surface area contributed by atoms with Crippen molar-refractivity contribution in [1.29, 1.82) is 0 Å². The Balaban J connectivity index is 1.58. The number of benzene rings is 1. The largest absolute Gasteiger partial charge is 0.480 e. The van der Waals surface area contributed by atoms with E-state index < -0.39 is 12.0 Å². The number of aromatic nitrogens is 1. The topological polar surface area (TPSA) is 85.8 Å². The van der Waals surface area contributed by atoms with Crippen molar-refractivity contribution in [2.75, 3.05) is 31.1 Å². The lowest BCUT2D eigenvalue weighted by atomic mass is 10.0. The van der Waals surface area contributed by atoms with Crippen LogP contribution in [0.25, 0.3) is 0 Å². The molecule has 1 fully saturated rings. The van der Waals surface area contributed by atoms with Crippen LogP contribution in [-0.4, -0.2) is 59.1 Å². The number of carboxylic acids is 1. The quantitative estimate of drug-likeness (QED) is 0.747. The number of carbonyl (C=O) groups excluding carboxylic acids is 1. The Morgan fingerprint density at radius 1 is 1.10 bits per heavy atom. The van der Waals surface area contributed by atoms with Gasteiger partial charge < -0.3 is 15.3 Å². The van der Waals surface area contributed by atoms with Gasteiger partial charge in [-0.3, -0.25) is 9.69 Å². The van der Waals surface area contributed by atoms with Crippen LogP contribution in [0, 0.1) is 5.92 Å². The van der Waals surface area contributed by atoms with Crippen molar-refractivity contribution in [1.82, 2.24) is 15.2 Å². The number of anilines is 1. The summed E-state index contributed by atoms with van der Waals surface area (Å²) in [5, 5.41) is 11.9. The van der Waals surface area contributed by atoms with Gasteiger partial charge in [-0.1, -0.05) is 32.0 Å². The van der Waals surface area contributed by atoms with E-state index in [2.05, 4.69) is 20.1 Å². The van der Waals surface area contributed by atoms with E-state index in [-0.39, 0.29) is 11.8 Å². The van der Waals surface area contributed by atoms with Gasteiger partial charge >= 0.3 is 5.97 Å². The summed E-state index contributed by atoms with van der Waals surface area (Å²) in [4.78, 5) is 32.9. The Hall–Kier alpha value is -2.93. The van der Waals surface area contributed by atoms with Gasteiger partial charge in [0, 0.05) is 44.5 Å². The van der Waals surface area contributed by atoms with E-state index >= 15 is 0 Å². The van der Waals surface area contributed by atoms with Crippen molar-refractivity contribution in [2.45, 2.75) is 26.4 Å². The number of nitrogens with zero attached hydrogens (tertiary/aromatic N) is 3. The fourth-order valence-corrected chi connectivity index (χ4v) is 3.48. The molecular weight excluding hydrogens is 368 g/mol. The number of pyridine rings is 1. The van der Waals surface area contributed by atoms with Gasteiger partial charge in [-0.15, -0.1) is 0 Å². The molecule has 1 amide bonds. The van der Waals surface area contributed by atoms with Gasteiger partial charge in [0.15, 0.2) is 0 Å². The average molecular weight is 396 g/mol. The molecular formula is C22H28N4O3. The van der Waals surface area contributed by atoms with Crippen LogP contribution in [0.4, 0.5) is 5.82 Å². The van der Waals surface area contributed by atoms with E-state index in [0.29, 0.717) is 5.56 Å². The number of hydrogen-bond donors (Lipinski definition) is 2. The van der Waals surface area contributed by atoms with Crippen LogP contribution in [0.2, 0.25) is 0 Å². The number of hydrogen-bond acceptors (Lipinski definition) is 5. The maximum absolute atomic E-state index is 12.5. The van der Waals surface area contributed by atoms with Gasteiger partial charge in [0.05, 0.1) is 0 Å². The Labute approximate surface area is 171 Å². The highest BCUT2D eigenvalue weighted by Gasteiger charge is 2.24. The highest BCUT2D eigenvalue weighted by Crippen LogP contribution is 2.15. The first-order chi connectivity index (χ1) is 13.9. The van der Waals surface area contributed by atoms with Crippen molar-refractivity contribution in [3.63, 3.8) is 0 Å². The predicted molar refractivity (Wildman–Crippen MR) is 112 cm³/mol. The minimum absolute atomic E-state index is 0.185. The molecule has 2 heterocycles. The Morgan fingerprint density at radius 3 is 2.48 bits per heavy atom. The molecule has 0 aliphatic carbocycles. The van der Waals surface area contributed by atoms with Gasteiger partial charge in [-0.2, -0.15) is 0 Å². The minimum Gasteiger partial charge on any atom is -0.480 e. The number of carboxylic acid groups (broad SMARTS) is 1. The van der Waals surface area contributed by atoms with Crippen molar-refractivity contribution in [2.24, 2.45) is 5.92 Å². The fourth-order valence-electron chi connectivity index (χ4n) is 3.48. The smallest absolute Gasteiger partial charge is 0.326 e. The Bertz CT molecular complexity index is 833. The van der Waals surface area contributed by atoms with Crippen molar-refractivity contribution in [3.8, 4) is 0 Å². The summed E-state index contributed by atoms with van der Waals surface area (Å²) < 4.78 is 0. The molecule has 7 nitrogen and oxygen atoms in total. The van der Waals surface area contributed by atoms with Crippen LogP contribution in [0.15, 0.2) is 48.7 Å². The molecule has 1 aromatic carbocycles. The standard InChI is InChI=1S/C22H28N4O3/c1-16(2)20(22(28)29)24-21(27)18-7-5-6-17(14-18)15-25-10-12-26(13-11-25)19-8-3-4-9-23-19/h3-9,14,16,20H,10-13,15H2,1-2H3,(H,24,27)(H,28,29)/t20-/m0/s1. The van der Waals surface area contributed by atoms with E-state index in [1.54, 1.807) is 19.9 Å². The average Bonchev–Trinajstić information content (AvgIpc) is 2.73. The normalized spacial score (nSPS) is 15.9. The molecule has 1 aliphatic heterocycles. The van der Waals surface area contributed by atoms with Crippen molar-refractivity contribution in [3.05, 3.63) is 59.8 Å². The van der Waals surface area contributed by atoms with Crippen LogP contribution >= 0.6 is 0 Å². The third-order valence-corrected chi connectivity index (χ3v) is 5.16. The molecule has 0 saturated carbocycles. The molecule has 2 N–H and O–H groups in total. The zero-order valence-corrected chi connectivity index (χ0v) is 16.9. The molecule has 1 aromatic heterocycles. The minimum atomic E-state index is -1.02. The van der Waals surface area contributed by atoms with Crippen molar-refractivity contribution >= 4 is 17.7 Å². The molecule has 3 rings (SSSR count). The van der Waals surface area contributed by atoms with Crippen molar-refractivity contribution < 1.29 is 14.7 Å². The molecule has 29 heavy (non-hydrogen) atoms. The fraction of sp³-hybridized carbons (Fsp3) is 0.409. The number of nitrogens with one attached hydrogen (secondary N) is 1. The monoisotopic (exact) mass is 396 g/mol. The van der Waals surface area contributed by atoms with E-state index in [1.807, 2.05) is 42.6 Å². The van der Waals surface area contributed by atoms with E-state index in [9.17, 15) is 14.7 Å². The molecule has 154 valence electrons. The maximum atomic E-state index is 12.5. The first-order valence-electron chi connectivity index (χ1n) is 9.95. The van der Waals surface area contributed by atoms with Crippen LogP contribution in [0.1, 0.15) is 29.8 Å². The Morgan fingerprint density at radius 2 is 1.86 bits per heavy atom. The first-order valence-corrected chi connectivity index (χ1v) is 9.95. The van der Waals surface area contributed by atoms with E-state index in [4.69, 9.17) is 0 Å². The number of piperazine rings is 1. The first kappa shape index (κ1) is 20.8. The summed E-state index contributed by atoms with van der Waals surface area (Å²) in [5.41, 5.74) is 1.53. The third-order valence-electron chi connectivity index (χ3n) is 5.16. The van der Waals surface area contributed by atoms with Gasteiger partial charge in [0.2, 0.25) is 0 Å². The predicted octanol–water partition coefficient (Wildman–Crippen LogP) is 2.24. The summed E-state index contributed by atoms with van der Waals surface area (Å²) in [5.74, 6) is -0.554. The lowest BCUT2D eigenvalue weighted by molar-refractivity contribution is -0.140. The highest BCUT2D eigenvalue weighted by atomic mass is 16.4. The summed E-state index contributed by atoms with van der Waals surface area (Å²) in [6, 6.07) is 12.5. The molecule has 7 heteroatoms. The second-order valence-corrected chi connectivity index (χ2v) is 7.68. The van der Waals surface area contributed by atoms with Crippen LogP contribution in [-0.2, 0) is 11.3 Å². The molecule has 1 atom stereocenters. The number of carbonyl (C=O) groups is 2. The lowest BCUT2D eigenvalue weighted by Crippen LogP contribution is -2.46. The molecule has 0 unspecified atom stereocenters. The molecule has 2 aromatic rings. The molecule has 1 saturated heterocycles. The summed E-state index contributed by atoms with van der Waals surface area (Å²) >= 11 is 0. The summed E-state index contributed by atoms with van der Waals surface area (Å²) in [6.45, 7) is 7.96. The number of rotatable bonds is 7. The van der Waals surface area contributed by atoms with Gasteiger partial charge in [0.1, 0.15) is 11.9 Å². The van der Waals surface area contributed by atoms with Gasteiger partial charge in [0.25, 0.3) is 5.91 Å². The van der Waals surface area contributed by atoms with Crippen LogP contribution in [0.5, 0.6) is 0 Å².